The number of rotatable bonds is 1. The molecule has 0 aromatic heterocycles. The zero-order chi connectivity index (χ0) is 15.4. The highest BCUT2D eigenvalue weighted by Gasteiger charge is 2.52. The van der Waals surface area contributed by atoms with Crippen LogP contribution in [0.25, 0.3) is 0 Å². The number of carbonyl (C=O) groups excluding carboxylic acids is 4. The van der Waals surface area contributed by atoms with Gasteiger partial charge in [-0.25, -0.2) is 0 Å². The smallest absolute Gasteiger partial charge is 0.317 e. The number of hydrogen-bond acceptors (Lipinski definition) is 6. The van der Waals surface area contributed by atoms with Crippen LogP contribution in [0.4, 0.5) is 0 Å². The van der Waals surface area contributed by atoms with Crippen molar-refractivity contribution in [2.45, 2.75) is 38.5 Å². The van der Waals surface area contributed by atoms with Gasteiger partial charge < -0.3 is 9.47 Å². The molecule has 0 aromatic rings. The number of ether oxygens (including phenoxy) is 2. The molecule has 0 unspecified atom stereocenters. The minimum Gasteiger partial charge on any atom is -0.393 e. The SMILES string of the molecule is O=C1OC(=O)[C@H]2C[C@H]([C@@H]3CC[C@@H]4C(=O)OC(=O)[C@@H]4C3)CC[C@H]12. The van der Waals surface area contributed by atoms with Crippen molar-refractivity contribution in [2.75, 3.05) is 0 Å². The number of hydrogen-bond donors (Lipinski definition) is 0. The van der Waals surface area contributed by atoms with Gasteiger partial charge in [0.25, 0.3) is 0 Å². The van der Waals surface area contributed by atoms with Crippen molar-refractivity contribution in [1.82, 2.24) is 0 Å². The van der Waals surface area contributed by atoms with Crippen LogP contribution in [0.15, 0.2) is 0 Å². The second-order valence-corrected chi connectivity index (χ2v) is 7.05. The fraction of sp³-hybridized carbons (Fsp3) is 0.750. The predicted octanol–water partition coefficient (Wildman–Crippen LogP) is 1.22. The molecule has 2 aliphatic heterocycles. The highest BCUT2D eigenvalue weighted by Crippen LogP contribution is 2.48. The number of esters is 4. The minimum atomic E-state index is -0.385. The van der Waals surface area contributed by atoms with Gasteiger partial charge in [0.1, 0.15) is 0 Å². The molecule has 0 spiro atoms. The molecule has 4 fully saturated rings. The first-order chi connectivity index (χ1) is 10.5. The molecule has 118 valence electrons. The van der Waals surface area contributed by atoms with Crippen molar-refractivity contribution in [2.24, 2.45) is 35.5 Å². The van der Waals surface area contributed by atoms with Crippen LogP contribution >= 0.6 is 0 Å². The molecule has 0 bridgehead atoms. The second-order valence-electron chi connectivity index (χ2n) is 7.05. The maximum atomic E-state index is 11.8. The molecule has 0 N–H and O–H groups in total. The van der Waals surface area contributed by atoms with E-state index in [0.717, 1.165) is 12.8 Å². The summed E-state index contributed by atoms with van der Waals surface area (Å²) in [6.45, 7) is 0. The summed E-state index contributed by atoms with van der Waals surface area (Å²) >= 11 is 0. The molecular formula is C16H18O6. The summed E-state index contributed by atoms with van der Waals surface area (Å²) in [4.78, 5) is 46.7. The molecule has 6 heteroatoms. The van der Waals surface area contributed by atoms with Crippen LogP contribution in [0.1, 0.15) is 38.5 Å². The number of fused-ring (bicyclic) bond motifs is 2. The molecule has 0 radical (unpaired) electrons. The van der Waals surface area contributed by atoms with Gasteiger partial charge in [0.05, 0.1) is 23.7 Å². The lowest BCUT2D eigenvalue weighted by atomic mass is 9.64. The fourth-order valence-corrected chi connectivity index (χ4v) is 4.85. The number of cyclic esters (lactones) is 4. The molecule has 4 aliphatic rings. The van der Waals surface area contributed by atoms with E-state index in [1.54, 1.807) is 0 Å². The van der Waals surface area contributed by atoms with Crippen LogP contribution < -0.4 is 0 Å². The second kappa shape index (κ2) is 4.89. The van der Waals surface area contributed by atoms with E-state index in [2.05, 4.69) is 0 Å². The largest absolute Gasteiger partial charge is 0.393 e. The van der Waals surface area contributed by atoms with Crippen molar-refractivity contribution < 1.29 is 28.7 Å². The van der Waals surface area contributed by atoms with Crippen molar-refractivity contribution in [1.29, 1.82) is 0 Å². The van der Waals surface area contributed by atoms with E-state index in [9.17, 15) is 19.2 Å². The van der Waals surface area contributed by atoms with Gasteiger partial charge in [0.15, 0.2) is 0 Å². The summed E-state index contributed by atoms with van der Waals surface area (Å²) < 4.78 is 9.50. The maximum Gasteiger partial charge on any atom is 0.317 e. The summed E-state index contributed by atoms with van der Waals surface area (Å²) in [5.41, 5.74) is 0. The number of carbonyl (C=O) groups is 4. The van der Waals surface area contributed by atoms with Gasteiger partial charge in [0, 0.05) is 0 Å². The van der Waals surface area contributed by atoms with Gasteiger partial charge in [0.2, 0.25) is 0 Å². The Labute approximate surface area is 127 Å². The van der Waals surface area contributed by atoms with Gasteiger partial charge in [-0.2, -0.15) is 0 Å². The van der Waals surface area contributed by atoms with E-state index < -0.39 is 0 Å². The standard InChI is InChI=1S/C16H18O6/c17-13-9-3-1-7(5-11(9)15(19)21-13)8-2-4-10-12(6-8)16(20)22-14(10)18/h7-12H,1-6H2/t7-,8-,9+,10+,11-,12+/m1/s1. The molecule has 4 rings (SSSR count). The van der Waals surface area contributed by atoms with E-state index in [0.29, 0.717) is 37.5 Å². The van der Waals surface area contributed by atoms with E-state index in [-0.39, 0.29) is 47.5 Å². The Morgan fingerprint density at radius 2 is 0.909 bits per heavy atom. The monoisotopic (exact) mass is 306 g/mol. The minimum absolute atomic E-state index is 0.266. The highest BCUT2D eigenvalue weighted by molar-refractivity contribution is 5.97. The van der Waals surface area contributed by atoms with Gasteiger partial charge in [-0.1, -0.05) is 0 Å². The average molecular weight is 306 g/mol. The summed E-state index contributed by atoms with van der Waals surface area (Å²) in [6.07, 6.45) is 4.48. The fourth-order valence-electron chi connectivity index (χ4n) is 4.85. The normalized spacial score (nSPS) is 44.4. The lowest BCUT2D eigenvalue weighted by Gasteiger charge is -2.37. The Bertz CT molecular complexity index is 517. The quantitative estimate of drug-likeness (QED) is 0.535. The third-order valence-corrected chi connectivity index (χ3v) is 6.06. The van der Waals surface area contributed by atoms with Crippen LogP contribution in [0.2, 0.25) is 0 Å². The van der Waals surface area contributed by atoms with E-state index in [4.69, 9.17) is 9.47 Å². The molecule has 2 heterocycles. The Balaban J connectivity index is 1.45. The van der Waals surface area contributed by atoms with Crippen molar-refractivity contribution in [3.05, 3.63) is 0 Å². The van der Waals surface area contributed by atoms with Crippen LogP contribution in [0.5, 0.6) is 0 Å². The summed E-state index contributed by atoms with van der Waals surface area (Å²) in [7, 11) is 0. The lowest BCUT2D eigenvalue weighted by Crippen LogP contribution is -2.35. The summed E-state index contributed by atoms with van der Waals surface area (Å²) in [5.74, 6) is -2.01. The third kappa shape index (κ3) is 2.00. The van der Waals surface area contributed by atoms with E-state index >= 15 is 0 Å². The van der Waals surface area contributed by atoms with Crippen LogP contribution in [-0.4, -0.2) is 23.9 Å². The van der Waals surface area contributed by atoms with Crippen molar-refractivity contribution >= 4 is 23.9 Å². The third-order valence-electron chi connectivity index (χ3n) is 6.06. The highest BCUT2D eigenvalue weighted by atomic mass is 16.6. The molecule has 2 saturated heterocycles. The van der Waals surface area contributed by atoms with Gasteiger partial charge >= 0.3 is 23.9 Å². The van der Waals surface area contributed by atoms with Gasteiger partial charge in [-0.15, -0.1) is 0 Å². The average Bonchev–Trinajstić information content (AvgIpc) is 2.96. The van der Waals surface area contributed by atoms with Gasteiger partial charge in [-0.05, 0) is 50.4 Å². The van der Waals surface area contributed by atoms with Crippen molar-refractivity contribution in [3.8, 4) is 0 Å². The molecular weight excluding hydrogens is 288 g/mol. The topological polar surface area (TPSA) is 86.7 Å². The molecule has 6 atom stereocenters. The summed E-state index contributed by atoms with van der Waals surface area (Å²) in [5, 5.41) is 0. The Morgan fingerprint density at radius 1 is 0.545 bits per heavy atom. The van der Waals surface area contributed by atoms with E-state index in [1.807, 2.05) is 0 Å². The Hall–Kier alpha value is -1.72. The molecule has 0 amide bonds. The molecule has 6 nitrogen and oxygen atoms in total. The maximum absolute atomic E-state index is 11.8. The Kier molecular flexibility index (Phi) is 3.09. The Morgan fingerprint density at radius 3 is 1.32 bits per heavy atom. The predicted molar refractivity (Wildman–Crippen MR) is 70.8 cm³/mol. The van der Waals surface area contributed by atoms with Crippen molar-refractivity contribution in [3.63, 3.8) is 0 Å². The molecule has 0 aromatic carbocycles. The lowest BCUT2D eigenvalue weighted by molar-refractivity contribution is -0.155. The zero-order valence-electron chi connectivity index (χ0n) is 12.2. The summed E-state index contributed by atoms with van der Waals surface area (Å²) in [6, 6.07) is 0. The first-order valence-corrected chi connectivity index (χ1v) is 8.05. The molecule has 2 aliphatic carbocycles. The van der Waals surface area contributed by atoms with Gasteiger partial charge in [-0.3, -0.25) is 19.2 Å². The van der Waals surface area contributed by atoms with Crippen LogP contribution in [0.3, 0.4) is 0 Å². The molecule has 2 saturated carbocycles. The van der Waals surface area contributed by atoms with E-state index in [1.165, 1.54) is 0 Å². The first kappa shape index (κ1) is 13.9. The van der Waals surface area contributed by atoms with Crippen LogP contribution in [0, 0.1) is 35.5 Å². The molecule has 22 heavy (non-hydrogen) atoms. The van der Waals surface area contributed by atoms with Crippen LogP contribution in [-0.2, 0) is 28.7 Å². The first-order valence-electron chi connectivity index (χ1n) is 8.05. The zero-order valence-corrected chi connectivity index (χ0v) is 12.2.